The van der Waals surface area contributed by atoms with Crippen LogP contribution in [0.2, 0.25) is 0 Å². The van der Waals surface area contributed by atoms with E-state index in [1.54, 1.807) is 12.1 Å². The summed E-state index contributed by atoms with van der Waals surface area (Å²) < 4.78 is 5.62. The lowest BCUT2D eigenvalue weighted by Crippen LogP contribution is -2.26. The number of hydrogen-bond acceptors (Lipinski definition) is 3. The fourth-order valence-corrected chi connectivity index (χ4v) is 3.23. The molecule has 0 bridgehead atoms. The minimum absolute atomic E-state index is 0.205. The zero-order chi connectivity index (χ0) is 19.2. The van der Waals surface area contributed by atoms with Crippen LogP contribution in [0.3, 0.4) is 0 Å². The third kappa shape index (κ3) is 5.07. The zero-order valence-corrected chi connectivity index (χ0v) is 15.8. The van der Waals surface area contributed by atoms with Gasteiger partial charge in [0.25, 0.3) is 5.91 Å². The summed E-state index contributed by atoms with van der Waals surface area (Å²) >= 11 is 0. The van der Waals surface area contributed by atoms with Gasteiger partial charge in [0.1, 0.15) is 0 Å². The molecule has 0 radical (unpaired) electrons. The van der Waals surface area contributed by atoms with Gasteiger partial charge in [-0.05, 0) is 49.8 Å². The first-order valence-corrected chi connectivity index (χ1v) is 9.32. The second-order valence-corrected chi connectivity index (χ2v) is 7.06. The molecule has 1 amide bonds. The predicted octanol–water partition coefficient (Wildman–Crippen LogP) is 4.88. The Bertz CT molecular complexity index is 842. The molecule has 0 aromatic heterocycles. The number of hydrogen-bond donors (Lipinski definition) is 1. The van der Waals surface area contributed by atoms with Crippen molar-refractivity contribution in [3.63, 3.8) is 0 Å². The second kappa shape index (κ2) is 8.67. The van der Waals surface area contributed by atoms with E-state index in [1.165, 1.54) is 0 Å². The Balaban J connectivity index is 1.76. The van der Waals surface area contributed by atoms with Crippen LogP contribution in [0.15, 0.2) is 60.7 Å². The fourth-order valence-electron chi connectivity index (χ4n) is 3.23. The standard InChI is InChI=1S/C23H25NO3/c1-16-12-13-17(2)20(14-16)24-23(26)22(19-10-4-3-5-11-19)27-21(25)15-18-8-6-7-9-18/h3-6,8,10-14,18,22H,7,9,15H2,1-2H3,(H,24,26)/t18-,22+/m0/s1. The topological polar surface area (TPSA) is 55.4 Å². The maximum atomic E-state index is 12.9. The molecule has 0 spiro atoms. The Kier molecular flexibility index (Phi) is 6.07. The Labute approximate surface area is 160 Å². The molecule has 0 saturated heterocycles. The summed E-state index contributed by atoms with van der Waals surface area (Å²) in [5.41, 5.74) is 3.41. The molecule has 4 heteroatoms. The average Bonchev–Trinajstić information content (AvgIpc) is 3.16. The van der Waals surface area contributed by atoms with Gasteiger partial charge in [0, 0.05) is 11.3 Å². The van der Waals surface area contributed by atoms with Crippen molar-refractivity contribution >= 4 is 17.6 Å². The van der Waals surface area contributed by atoms with E-state index < -0.39 is 6.10 Å². The molecule has 27 heavy (non-hydrogen) atoms. The van der Waals surface area contributed by atoms with Crippen LogP contribution in [0.4, 0.5) is 5.69 Å². The summed E-state index contributed by atoms with van der Waals surface area (Å²) in [6.07, 6.45) is 5.42. The van der Waals surface area contributed by atoms with Gasteiger partial charge in [-0.1, -0.05) is 54.6 Å². The molecule has 1 N–H and O–H groups in total. The third-order valence-electron chi connectivity index (χ3n) is 4.78. The monoisotopic (exact) mass is 363 g/mol. The van der Waals surface area contributed by atoms with Gasteiger partial charge >= 0.3 is 5.97 Å². The first-order chi connectivity index (χ1) is 13.0. The molecule has 4 nitrogen and oxygen atoms in total. The van der Waals surface area contributed by atoms with E-state index in [4.69, 9.17) is 4.74 Å². The van der Waals surface area contributed by atoms with E-state index in [1.807, 2.05) is 50.2 Å². The minimum Gasteiger partial charge on any atom is -0.447 e. The van der Waals surface area contributed by atoms with Crippen molar-refractivity contribution < 1.29 is 14.3 Å². The van der Waals surface area contributed by atoms with E-state index in [2.05, 4.69) is 17.5 Å². The van der Waals surface area contributed by atoms with Crippen molar-refractivity contribution in [2.45, 2.75) is 39.2 Å². The summed E-state index contributed by atoms with van der Waals surface area (Å²) in [4.78, 5) is 25.4. The van der Waals surface area contributed by atoms with Gasteiger partial charge in [0.05, 0.1) is 6.42 Å². The van der Waals surface area contributed by atoms with Crippen molar-refractivity contribution in [1.82, 2.24) is 0 Å². The Morgan fingerprint density at radius 2 is 1.93 bits per heavy atom. The molecule has 0 unspecified atom stereocenters. The Hall–Kier alpha value is -2.88. The number of benzene rings is 2. The van der Waals surface area contributed by atoms with Crippen LogP contribution in [-0.2, 0) is 14.3 Å². The number of amides is 1. The number of nitrogens with one attached hydrogen (secondary N) is 1. The van der Waals surface area contributed by atoms with E-state index in [0.29, 0.717) is 12.0 Å². The smallest absolute Gasteiger partial charge is 0.307 e. The normalized spacial score (nSPS) is 16.7. The summed E-state index contributed by atoms with van der Waals surface area (Å²) in [6.45, 7) is 3.91. The van der Waals surface area contributed by atoms with Crippen LogP contribution in [0.1, 0.15) is 42.1 Å². The highest BCUT2D eigenvalue weighted by atomic mass is 16.5. The lowest BCUT2D eigenvalue weighted by Gasteiger charge is -2.20. The number of esters is 1. The SMILES string of the molecule is Cc1ccc(C)c(NC(=O)[C@H](OC(=O)C[C@H]2C=CCC2)c2ccccc2)c1. The van der Waals surface area contributed by atoms with Crippen LogP contribution in [-0.4, -0.2) is 11.9 Å². The quantitative estimate of drug-likeness (QED) is 0.588. The molecular weight excluding hydrogens is 338 g/mol. The largest absolute Gasteiger partial charge is 0.447 e. The first-order valence-electron chi connectivity index (χ1n) is 9.32. The summed E-state index contributed by atoms with van der Waals surface area (Å²) in [5.74, 6) is -0.488. The summed E-state index contributed by atoms with van der Waals surface area (Å²) in [6, 6.07) is 15.0. The maximum absolute atomic E-state index is 12.9. The predicted molar refractivity (Wildman–Crippen MR) is 106 cm³/mol. The number of carbonyl (C=O) groups is 2. The molecule has 0 heterocycles. The minimum atomic E-state index is -0.969. The van der Waals surface area contributed by atoms with Crippen molar-refractivity contribution in [3.05, 3.63) is 77.4 Å². The van der Waals surface area contributed by atoms with Crippen molar-refractivity contribution in [3.8, 4) is 0 Å². The number of carbonyl (C=O) groups excluding carboxylic acids is 2. The van der Waals surface area contributed by atoms with E-state index in [0.717, 1.165) is 29.7 Å². The molecule has 3 rings (SSSR count). The van der Waals surface area contributed by atoms with Gasteiger partial charge in [-0.15, -0.1) is 0 Å². The molecule has 0 aliphatic heterocycles. The van der Waals surface area contributed by atoms with E-state index >= 15 is 0 Å². The lowest BCUT2D eigenvalue weighted by molar-refractivity contribution is -0.155. The number of aryl methyl sites for hydroxylation is 2. The summed E-state index contributed by atoms with van der Waals surface area (Å²) in [5, 5.41) is 2.92. The van der Waals surface area contributed by atoms with Gasteiger partial charge in [-0.2, -0.15) is 0 Å². The van der Waals surface area contributed by atoms with Crippen LogP contribution < -0.4 is 5.32 Å². The lowest BCUT2D eigenvalue weighted by atomic mass is 10.0. The molecular formula is C23H25NO3. The third-order valence-corrected chi connectivity index (χ3v) is 4.78. The van der Waals surface area contributed by atoms with Crippen molar-refractivity contribution in [2.24, 2.45) is 5.92 Å². The van der Waals surface area contributed by atoms with Crippen LogP contribution in [0.5, 0.6) is 0 Å². The number of anilines is 1. The highest BCUT2D eigenvalue weighted by Crippen LogP contribution is 2.25. The van der Waals surface area contributed by atoms with Crippen LogP contribution in [0.25, 0.3) is 0 Å². The van der Waals surface area contributed by atoms with Gasteiger partial charge in [-0.25, -0.2) is 0 Å². The first kappa shape index (κ1) is 18.9. The zero-order valence-electron chi connectivity index (χ0n) is 15.8. The molecule has 1 aliphatic rings. The van der Waals surface area contributed by atoms with E-state index in [9.17, 15) is 9.59 Å². The molecule has 0 fully saturated rings. The molecule has 140 valence electrons. The number of allylic oxidation sites excluding steroid dienone is 2. The average molecular weight is 363 g/mol. The maximum Gasteiger partial charge on any atom is 0.307 e. The highest BCUT2D eigenvalue weighted by molar-refractivity contribution is 5.96. The molecule has 0 saturated carbocycles. The molecule has 1 aliphatic carbocycles. The van der Waals surface area contributed by atoms with Crippen LogP contribution in [0, 0.1) is 19.8 Å². The highest BCUT2D eigenvalue weighted by Gasteiger charge is 2.26. The second-order valence-electron chi connectivity index (χ2n) is 7.06. The fraction of sp³-hybridized carbons (Fsp3) is 0.304. The summed E-state index contributed by atoms with van der Waals surface area (Å²) in [7, 11) is 0. The van der Waals surface area contributed by atoms with Gasteiger partial charge in [0.15, 0.2) is 0 Å². The van der Waals surface area contributed by atoms with Crippen LogP contribution >= 0.6 is 0 Å². The van der Waals surface area contributed by atoms with Gasteiger partial charge < -0.3 is 10.1 Å². The van der Waals surface area contributed by atoms with E-state index in [-0.39, 0.29) is 17.8 Å². The van der Waals surface area contributed by atoms with Crippen molar-refractivity contribution in [1.29, 1.82) is 0 Å². The number of rotatable bonds is 6. The van der Waals surface area contributed by atoms with Crippen molar-refractivity contribution in [2.75, 3.05) is 5.32 Å². The number of ether oxygens (including phenoxy) is 1. The Morgan fingerprint density at radius 1 is 1.15 bits per heavy atom. The Morgan fingerprint density at radius 3 is 2.63 bits per heavy atom. The van der Waals surface area contributed by atoms with Gasteiger partial charge in [0.2, 0.25) is 6.10 Å². The van der Waals surface area contributed by atoms with Gasteiger partial charge in [-0.3, -0.25) is 9.59 Å². The molecule has 2 aromatic carbocycles. The molecule has 2 atom stereocenters. The molecule has 2 aromatic rings.